The number of rotatable bonds is 3. The van der Waals surface area contributed by atoms with Gasteiger partial charge in [0.2, 0.25) is 0 Å². The van der Waals surface area contributed by atoms with E-state index in [1.54, 1.807) is 36.1 Å². The molecule has 2 heterocycles. The van der Waals surface area contributed by atoms with Crippen molar-refractivity contribution in [1.82, 2.24) is 9.97 Å². The fourth-order valence-corrected chi connectivity index (χ4v) is 3.50. The van der Waals surface area contributed by atoms with Gasteiger partial charge in [0.05, 0.1) is 10.7 Å². The predicted octanol–water partition coefficient (Wildman–Crippen LogP) is 5.04. The number of nitrogens with zero attached hydrogens (tertiary/aromatic N) is 3. The maximum absolute atomic E-state index is 13.0. The van der Waals surface area contributed by atoms with Gasteiger partial charge in [0.25, 0.3) is 5.91 Å². The minimum atomic E-state index is -0.148. The highest BCUT2D eigenvalue weighted by atomic mass is 35.5. The third-order valence-electron chi connectivity index (χ3n) is 4.38. The molecule has 0 radical (unpaired) electrons. The number of aromatic nitrogens is 2. The second kappa shape index (κ2) is 7.18. The standard InChI is InChI=1S/C20H16Cl2N4O/c1-12-23-17(20(27)26-9-8-13-4-2-3-5-18(13)26)11-19(24-12)25-16-10-14(21)6-7-15(16)22/h2-7,10-11H,8-9H2,1H3,(H,23,24,25). The maximum atomic E-state index is 13.0. The minimum Gasteiger partial charge on any atom is -0.339 e. The number of benzene rings is 2. The van der Waals surface area contributed by atoms with Crippen LogP contribution in [0.25, 0.3) is 0 Å². The molecule has 0 fully saturated rings. The van der Waals surface area contributed by atoms with Gasteiger partial charge in [-0.25, -0.2) is 9.97 Å². The van der Waals surface area contributed by atoms with Crippen LogP contribution in [0.15, 0.2) is 48.5 Å². The van der Waals surface area contributed by atoms with E-state index in [1.165, 1.54) is 5.56 Å². The van der Waals surface area contributed by atoms with Gasteiger partial charge >= 0.3 is 0 Å². The molecule has 0 atom stereocenters. The summed E-state index contributed by atoms with van der Waals surface area (Å²) < 4.78 is 0. The lowest BCUT2D eigenvalue weighted by atomic mass is 10.2. The molecule has 1 N–H and O–H groups in total. The Bertz CT molecular complexity index is 1040. The van der Waals surface area contributed by atoms with E-state index in [9.17, 15) is 4.79 Å². The lowest BCUT2D eigenvalue weighted by molar-refractivity contribution is 0.0984. The average Bonchev–Trinajstić information content (AvgIpc) is 3.08. The summed E-state index contributed by atoms with van der Waals surface area (Å²) in [7, 11) is 0. The van der Waals surface area contributed by atoms with Crippen molar-refractivity contribution >= 4 is 46.3 Å². The number of para-hydroxylation sites is 1. The zero-order valence-corrected chi connectivity index (χ0v) is 16.1. The van der Waals surface area contributed by atoms with Crippen molar-refractivity contribution in [3.63, 3.8) is 0 Å². The zero-order chi connectivity index (χ0) is 19.0. The van der Waals surface area contributed by atoms with Crippen molar-refractivity contribution in [2.24, 2.45) is 0 Å². The number of fused-ring (bicyclic) bond motifs is 1. The van der Waals surface area contributed by atoms with Gasteiger partial charge in [0, 0.05) is 23.3 Å². The molecule has 2 aromatic carbocycles. The van der Waals surface area contributed by atoms with Gasteiger partial charge in [-0.3, -0.25) is 4.79 Å². The average molecular weight is 399 g/mol. The van der Waals surface area contributed by atoms with Crippen LogP contribution in [-0.4, -0.2) is 22.4 Å². The molecule has 0 aliphatic carbocycles. The van der Waals surface area contributed by atoms with Gasteiger partial charge in [0.1, 0.15) is 17.3 Å². The van der Waals surface area contributed by atoms with Gasteiger partial charge < -0.3 is 10.2 Å². The van der Waals surface area contributed by atoms with Crippen LogP contribution in [-0.2, 0) is 6.42 Å². The summed E-state index contributed by atoms with van der Waals surface area (Å²) in [6.07, 6.45) is 0.842. The molecule has 0 unspecified atom stereocenters. The van der Waals surface area contributed by atoms with Crippen LogP contribution in [0, 0.1) is 6.92 Å². The van der Waals surface area contributed by atoms with Gasteiger partial charge in [-0.15, -0.1) is 0 Å². The van der Waals surface area contributed by atoms with Crippen molar-refractivity contribution in [2.45, 2.75) is 13.3 Å². The smallest absolute Gasteiger partial charge is 0.277 e. The van der Waals surface area contributed by atoms with Gasteiger partial charge in [-0.05, 0) is 43.2 Å². The van der Waals surface area contributed by atoms with Crippen LogP contribution >= 0.6 is 23.2 Å². The van der Waals surface area contributed by atoms with E-state index < -0.39 is 0 Å². The van der Waals surface area contributed by atoms with E-state index in [1.807, 2.05) is 24.3 Å². The van der Waals surface area contributed by atoms with Gasteiger partial charge in [-0.2, -0.15) is 0 Å². The third-order valence-corrected chi connectivity index (χ3v) is 4.95. The number of halogens is 2. The summed E-state index contributed by atoms with van der Waals surface area (Å²) in [5, 5.41) is 4.19. The van der Waals surface area contributed by atoms with Gasteiger partial charge in [-0.1, -0.05) is 41.4 Å². The number of carbonyl (C=O) groups is 1. The van der Waals surface area contributed by atoms with Crippen molar-refractivity contribution in [3.8, 4) is 0 Å². The number of aryl methyl sites for hydroxylation is 1. The van der Waals surface area contributed by atoms with Crippen LogP contribution in [0.5, 0.6) is 0 Å². The number of hydrogen-bond donors (Lipinski definition) is 1. The Morgan fingerprint density at radius 3 is 2.78 bits per heavy atom. The number of nitrogens with one attached hydrogen (secondary N) is 1. The monoisotopic (exact) mass is 398 g/mol. The minimum absolute atomic E-state index is 0.148. The SMILES string of the molecule is Cc1nc(Nc2cc(Cl)ccc2Cl)cc(C(=O)N2CCc3ccccc32)n1. The first-order chi connectivity index (χ1) is 13.0. The summed E-state index contributed by atoms with van der Waals surface area (Å²) in [6.45, 7) is 2.39. The van der Waals surface area contributed by atoms with Crippen molar-refractivity contribution < 1.29 is 4.79 Å². The summed E-state index contributed by atoms with van der Waals surface area (Å²) in [6, 6.07) is 14.7. The van der Waals surface area contributed by atoms with E-state index >= 15 is 0 Å². The highest BCUT2D eigenvalue weighted by Gasteiger charge is 2.26. The van der Waals surface area contributed by atoms with Crippen LogP contribution < -0.4 is 10.2 Å². The Morgan fingerprint density at radius 2 is 1.93 bits per heavy atom. The molecular formula is C20H16Cl2N4O. The van der Waals surface area contributed by atoms with Crippen LogP contribution in [0.4, 0.5) is 17.2 Å². The summed E-state index contributed by atoms with van der Waals surface area (Å²) in [5.41, 5.74) is 3.05. The largest absolute Gasteiger partial charge is 0.339 e. The number of carbonyl (C=O) groups excluding carboxylic acids is 1. The molecule has 0 saturated heterocycles. The molecule has 27 heavy (non-hydrogen) atoms. The molecule has 1 aliphatic heterocycles. The molecule has 7 heteroatoms. The summed E-state index contributed by atoms with van der Waals surface area (Å²) >= 11 is 12.2. The number of hydrogen-bond acceptors (Lipinski definition) is 4. The Labute approximate surface area is 167 Å². The quantitative estimate of drug-likeness (QED) is 0.671. The second-order valence-electron chi connectivity index (χ2n) is 6.27. The molecule has 5 nitrogen and oxygen atoms in total. The molecule has 1 amide bonds. The Balaban J connectivity index is 1.65. The van der Waals surface area contributed by atoms with Gasteiger partial charge in [0.15, 0.2) is 0 Å². The van der Waals surface area contributed by atoms with Crippen molar-refractivity contribution in [3.05, 3.63) is 75.7 Å². The molecule has 4 rings (SSSR count). The summed E-state index contributed by atoms with van der Waals surface area (Å²) in [4.78, 5) is 23.5. The predicted molar refractivity (Wildman–Crippen MR) is 108 cm³/mol. The van der Waals surface area contributed by atoms with Crippen LogP contribution in [0.2, 0.25) is 10.0 Å². The fraction of sp³-hybridized carbons (Fsp3) is 0.150. The highest BCUT2D eigenvalue weighted by Crippen LogP contribution is 2.30. The van der Waals surface area contributed by atoms with Crippen molar-refractivity contribution in [1.29, 1.82) is 0 Å². The lowest BCUT2D eigenvalue weighted by Gasteiger charge is -2.17. The lowest BCUT2D eigenvalue weighted by Crippen LogP contribution is -2.30. The highest BCUT2D eigenvalue weighted by molar-refractivity contribution is 6.35. The Hall–Kier alpha value is -2.63. The first-order valence-electron chi connectivity index (χ1n) is 8.49. The maximum Gasteiger partial charge on any atom is 0.277 e. The number of amides is 1. The zero-order valence-electron chi connectivity index (χ0n) is 14.5. The normalized spacial score (nSPS) is 12.8. The topological polar surface area (TPSA) is 58.1 Å². The Kier molecular flexibility index (Phi) is 4.72. The molecule has 1 aromatic heterocycles. The summed E-state index contributed by atoms with van der Waals surface area (Å²) in [5.74, 6) is 0.835. The number of anilines is 3. The van der Waals surface area contributed by atoms with E-state index in [0.717, 1.165) is 12.1 Å². The first-order valence-corrected chi connectivity index (χ1v) is 9.24. The van der Waals surface area contributed by atoms with E-state index in [2.05, 4.69) is 15.3 Å². The molecule has 1 aliphatic rings. The molecule has 3 aromatic rings. The molecule has 0 saturated carbocycles. The Morgan fingerprint density at radius 1 is 1.11 bits per heavy atom. The first kappa shape index (κ1) is 17.8. The third kappa shape index (κ3) is 3.61. The van der Waals surface area contributed by atoms with E-state index in [4.69, 9.17) is 23.2 Å². The van der Waals surface area contributed by atoms with E-state index in [-0.39, 0.29) is 5.91 Å². The molecule has 136 valence electrons. The fourth-order valence-electron chi connectivity index (χ4n) is 3.16. The van der Waals surface area contributed by atoms with Crippen LogP contribution in [0.1, 0.15) is 21.9 Å². The van der Waals surface area contributed by atoms with E-state index in [0.29, 0.717) is 39.6 Å². The molecule has 0 bridgehead atoms. The van der Waals surface area contributed by atoms with Crippen molar-refractivity contribution in [2.75, 3.05) is 16.8 Å². The van der Waals surface area contributed by atoms with Crippen LogP contribution in [0.3, 0.4) is 0 Å². The molecular weight excluding hydrogens is 383 g/mol. The molecule has 0 spiro atoms. The second-order valence-corrected chi connectivity index (χ2v) is 7.11.